The number of methoxy groups -OCH3 is 1. The third-order valence-electron chi connectivity index (χ3n) is 2.80. The number of carbonyl (C=O) groups is 1. The van der Waals surface area contributed by atoms with Crippen LogP contribution in [0, 0.1) is 10.1 Å². The Labute approximate surface area is 126 Å². The molecule has 112 valence electrons. The average Bonchev–Trinajstić information content (AvgIpc) is 2.55. The van der Waals surface area contributed by atoms with Crippen LogP contribution in [0.15, 0.2) is 53.6 Å². The number of esters is 1. The van der Waals surface area contributed by atoms with Gasteiger partial charge in [0.2, 0.25) is 0 Å². The fraction of sp³-hybridized carbons (Fsp3) is 0.0667. The van der Waals surface area contributed by atoms with Gasteiger partial charge in [-0.2, -0.15) is 5.10 Å². The molecule has 0 fully saturated rings. The Hall–Kier alpha value is -3.22. The lowest BCUT2D eigenvalue weighted by Gasteiger charge is -2.01. The molecule has 2 aromatic carbocycles. The number of nitro benzene ring substituents is 1. The van der Waals surface area contributed by atoms with E-state index in [1.165, 1.54) is 19.2 Å². The molecule has 7 nitrogen and oxygen atoms in total. The number of benzene rings is 2. The first kappa shape index (κ1) is 15.2. The van der Waals surface area contributed by atoms with Gasteiger partial charge in [0, 0.05) is 12.1 Å². The number of anilines is 1. The zero-order valence-electron chi connectivity index (χ0n) is 11.7. The van der Waals surface area contributed by atoms with Gasteiger partial charge in [0.15, 0.2) is 0 Å². The molecule has 0 atom stereocenters. The quantitative estimate of drug-likeness (QED) is 0.396. The van der Waals surface area contributed by atoms with Gasteiger partial charge in [-0.3, -0.25) is 15.5 Å². The van der Waals surface area contributed by atoms with Crippen molar-refractivity contribution < 1.29 is 14.5 Å². The molecule has 2 aromatic rings. The highest BCUT2D eigenvalue weighted by Crippen LogP contribution is 2.16. The highest BCUT2D eigenvalue weighted by molar-refractivity contribution is 5.90. The Balaban J connectivity index is 2.02. The number of nitrogens with one attached hydrogen (secondary N) is 1. The second kappa shape index (κ2) is 6.98. The summed E-state index contributed by atoms with van der Waals surface area (Å²) < 4.78 is 4.61. The van der Waals surface area contributed by atoms with Crippen molar-refractivity contribution in [2.24, 2.45) is 5.10 Å². The van der Waals surface area contributed by atoms with Crippen LogP contribution in [0.3, 0.4) is 0 Å². The second-order valence-corrected chi connectivity index (χ2v) is 4.29. The SMILES string of the molecule is COC(=O)c1ccc(/C=N/Nc2cccc([N+](=O)[O-])c2)cc1. The maximum absolute atomic E-state index is 11.3. The van der Waals surface area contributed by atoms with Gasteiger partial charge in [-0.1, -0.05) is 18.2 Å². The number of non-ortho nitro benzene ring substituents is 1. The first-order valence-electron chi connectivity index (χ1n) is 6.32. The van der Waals surface area contributed by atoms with Gasteiger partial charge in [-0.05, 0) is 23.8 Å². The van der Waals surface area contributed by atoms with Crippen molar-refractivity contribution in [2.45, 2.75) is 0 Å². The minimum absolute atomic E-state index is 0.0115. The summed E-state index contributed by atoms with van der Waals surface area (Å²) in [7, 11) is 1.32. The average molecular weight is 299 g/mol. The van der Waals surface area contributed by atoms with E-state index in [4.69, 9.17) is 0 Å². The number of nitrogens with zero attached hydrogens (tertiary/aromatic N) is 2. The molecule has 2 rings (SSSR count). The molecule has 22 heavy (non-hydrogen) atoms. The molecular weight excluding hydrogens is 286 g/mol. The van der Waals surface area contributed by atoms with Crippen LogP contribution in [0.4, 0.5) is 11.4 Å². The lowest BCUT2D eigenvalue weighted by molar-refractivity contribution is -0.384. The van der Waals surface area contributed by atoms with Crippen molar-refractivity contribution in [2.75, 3.05) is 12.5 Å². The van der Waals surface area contributed by atoms with Crippen LogP contribution in [0.2, 0.25) is 0 Å². The molecule has 0 amide bonds. The minimum Gasteiger partial charge on any atom is -0.465 e. The van der Waals surface area contributed by atoms with Gasteiger partial charge >= 0.3 is 5.97 Å². The number of hydrogen-bond acceptors (Lipinski definition) is 6. The zero-order chi connectivity index (χ0) is 15.9. The topological polar surface area (TPSA) is 93.8 Å². The maximum atomic E-state index is 11.3. The van der Waals surface area contributed by atoms with E-state index < -0.39 is 10.9 Å². The maximum Gasteiger partial charge on any atom is 0.337 e. The Bertz CT molecular complexity index is 711. The van der Waals surface area contributed by atoms with Gasteiger partial charge in [0.05, 0.1) is 29.5 Å². The van der Waals surface area contributed by atoms with Crippen LogP contribution < -0.4 is 5.43 Å². The van der Waals surface area contributed by atoms with E-state index in [-0.39, 0.29) is 5.69 Å². The Kier molecular flexibility index (Phi) is 4.81. The smallest absolute Gasteiger partial charge is 0.337 e. The highest BCUT2D eigenvalue weighted by atomic mass is 16.6. The predicted molar refractivity (Wildman–Crippen MR) is 82.1 cm³/mol. The molecule has 0 radical (unpaired) electrons. The fourth-order valence-corrected chi connectivity index (χ4v) is 1.69. The van der Waals surface area contributed by atoms with Crippen LogP contribution in [0.5, 0.6) is 0 Å². The number of hydrogen-bond donors (Lipinski definition) is 1. The molecule has 0 aliphatic heterocycles. The molecule has 0 aliphatic rings. The lowest BCUT2D eigenvalue weighted by Crippen LogP contribution is -2.00. The minimum atomic E-state index is -0.472. The Morgan fingerprint density at radius 2 is 2.00 bits per heavy atom. The van der Waals surface area contributed by atoms with E-state index >= 15 is 0 Å². The molecule has 0 bridgehead atoms. The molecular formula is C15H13N3O4. The summed E-state index contributed by atoms with van der Waals surface area (Å²) >= 11 is 0. The van der Waals surface area contributed by atoms with Gasteiger partial charge < -0.3 is 4.74 Å². The van der Waals surface area contributed by atoms with Crippen LogP contribution in [-0.2, 0) is 4.74 Å². The van der Waals surface area contributed by atoms with Crippen LogP contribution in [0.25, 0.3) is 0 Å². The number of nitro groups is 1. The molecule has 1 N–H and O–H groups in total. The van der Waals surface area contributed by atoms with Crippen molar-refractivity contribution in [3.8, 4) is 0 Å². The normalized spacial score (nSPS) is 10.4. The van der Waals surface area contributed by atoms with E-state index in [0.29, 0.717) is 11.3 Å². The monoisotopic (exact) mass is 299 g/mol. The van der Waals surface area contributed by atoms with Crippen LogP contribution in [-0.4, -0.2) is 24.2 Å². The first-order valence-corrected chi connectivity index (χ1v) is 6.32. The molecule has 0 aliphatic carbocycles. The number of ether oxygens (including phenoxy) is 1. The van der Waals surface area contributed by atoms with E-state index in [0.717, 1.165) is 5.56 Å². The summed E-state index contributed by atoms with van der Waals surface area (Å²) in [6.07, 6.45) is 1.54. The van der Waals surface area contributed by atoms with E-state index in [9.17, 15) is 14.9 Å². The van der Waals surface area contributed by atoms with Crippen molar-refractivity contribution in [3.63, 3.8) is 0 Å². The summed E-state index contributed by atoms with van der Waals surface area (Å²) in [4.78, 5) is 21.5. The van der Waals surface area contributed by atoms with Gasteiger partial charge in [-0.15, -0.1) is 0 Å². The highest BCUT2D eigenvalue weighted by Gasteiger charge is 2.05. The second-order valence-electron chi connectivity index (χ2n) is 4.29. The van der Waals surface area contributed by atoms with Gasteiger partial charge in [0.1, 0.15) is 0 Å². The number of hydrazone groups is 1. The molecule has 0 aromatic heterocycles. The zero-order valence-corrected chi connectivity index (χ0v) is 11.7. The van der Waals surface area contributed by atoms with E-state index in [1.54, 1.807) is 42.6 Å². The lowest BCUT2D eigenvalue weighted by atomic mass is 10.1. The summed E-state index contributed by atoms with van der Waals surface area (Å²) in [6.45, 7) is 0. The Morgan fingerprint density at radius 3 is 2.64 bits per heavy atom. The molecule has 0 heterocycles. The van der Waals surface area contributed by atoms with Crippen molar-refractivity contribution >= 4 is 23.6 Å². The number of rotatable bonds is 5. The summed E-state index contributed by atoms with van der Waals surface area (Å²) in [5.41, 5.74) is 4.43. The predicted octanol–water partition coefficient (Wildman–Crippen LogP) is 2.83. The molecule has 0 saturated heterocycles. The largest absolute Gasteiger partial charge is 0.465 e. The molecule has 0 spiro atoms. The van der Waals surface area contributed by atoms with E-state index in [1.807, 2.05) is 0 Å². The fourth-order valence-electron chi connectivity index (χ4n) is 1.69. The first-order chi connectivity index (χ1) is 10.6. The van der Waals surface area contributed by atoms with Crippen LogP contribution in [0.1, 0.15) is 15.9 Å². The standard InChI is InChI=1S/C15H13N3O4/c1-22-15(19)12-7-5-11(6-8-12)10-16-17-13-3-2-4-14(9-13)18(20)21/h2-10,17H,1H3/b16-10+. The molecule has 0 unspecified atom stereocenters. The third-order valence-corrected chi connectivity index (χ3v) is 2.80. The molecule has 7 heteroatoms. The van der Waals surface area contributed by atoms with Gasteiger partial charge in [0.25, 0.3) is 5.69 Å². The van der Waals surface area contributed by atoms with Gasteiger partial charge in [-0.25, -0.2) is 4.79 Å². The van der Waals surface area contributed by atoms with Crippen LogP contribution >= 0.6 is 0 Å². The third kappa shape index (κ3) is 3.89. The summed E-state index contributed by atoms with van der Waals surface area (Å²) in [5.74, 6) is -0.404. The number of carbonyl (C=O) groups excluding carboxylic acids is 1. The summed E-state index contributed by atoms with van der Waals surface area (Å²) in [6, 6.07) is 12.7. The summed E-state index contributed by atoms with van der Waals surface area (Å²) in [5, 5.41) is 14.7. The van der Waals surface area contributed by atoms with Crippen molar-refractivity contribution in [1.29, 1.82) is 0 Å². The molecule has 0 saturated carbocycles. The Morgan fingerprint density at radius 1 is 1.27 bits per heavy atom. The van der Waals surface area contributed by atoms with Crippen molar-refractivity contribution in [3.05, 3.63) is 69.8 Å². The van der Waals surface area contributed by atoms with E-state index in [2.05, 4.69) is 15.3 Å². The van der Waals surface area contributed by atoms with Crippen molar-refractivity contribution in [1.82, 2.24) is 0 Å².